The summed E-state index contributed by atoms with van der Waals surface area (Å²) < 4.78 is 6.36. The van der Waals surface area contributed by atoms with Crippen LogP contribution in [0.2, 0.25) is 0 Å². The van der Waals surface area contributed by atoms with E-state index in [0.717, 1.165) is 55.6 Å². The molecule has 1 spiro atoms. The van der Waals surface area contributed by atoms with Gasteiger partial charge in [-0.25, -0.2) is 0 Å². The number of rotatable bonds is 3. The molecule has 1 saturated heterocycles. The van der Waals surface area contributed by atoms with E-state index >= 15 is 0 Å². The number of likely N-dealkylation sites (tertiary alicyclic amines) is 1. The Kier molecular flexibility index (Phi) is 4.74. The number of carbonyl (C=O) groups excluding carboxylic acids is 1. The molecule has 1 aromatic carbocycles. The molecule has 4 rings (SSSR count). The molecule has 0 bridgehead atoms. The van der Waals surface area contributed by atoms with E-state index in [0.29, 0.717) is 6.42 Å². The maximum atomic E-state index is 12.6. The summed E-state index contributed by atoms with van der Waals surface area (Å²) in [6.07, 6.45) is 12.0. The van der Waals surface area contributed by atoms with Crippen molar-refractivity contribution in [3.05, 3.63) is 66.0 Å². The molecule has 0 aliphatic carbocycles. The number of carbonyl (C=O) groups is 1. The molecule has 1 aromatic heterocycles. The maximum absolute atomic E-state index is 12.6. The monoisotopic (exact) mass is 348 g/mol. The Labute approximate surface area is 154 Å². The molecule has 3 heterocycles. The molecule has 1 fully saturated rings. The average molecular weight is 348 g/mol. The molecule has 0 radical (unpaired) electrons. The molecule has 2 aliphatic heterocycles. The fourth-order valence-corrected chi connectivity index (χ4v) is 3.81. The Morgan fingerprint density at radius 3 is 2.96 bits per heavy atom. The zero-order valence-corrected chi connectivity index (χ0v) is 14.9. The molecular weight excluding hydrogens is 324 g/mol. The average Bonchev–Trinajstić information content (AvgIpc) is 2.89. The second-order valence-electron chi connectivity index (χ2n) is 7.13. The van der Waals surface area contributed by atoms with Gasteiger partial charge in [0.2, 0.25) is 5.91 Å². The second-order valence-corrected chi connectivity index (χ2v) is 7.13. The minimum atomic E-state index is -0.271. The van der Waals surface area contributed by atoms with Crippen LogP contribution >= 0.6 is 0 Å². The number of nitrogens with zero attached hydrogens (tertiary/aromatic N) is 2. The minimum Gasteiger partial charge on any atom is -0.483 e. The smallest absolute Gasteiger partial charge is 0.222 e. The quantitative estimate of drug-likeness (QED) is 0.845. The Morgan fingerprint density at radius 2 is 2.08 bits per heavy atom. The standard InChI is InChI=1S/C22H24N2O2/c25-21(9-8-18-5-3-14-23-17-18)24-15-4-11-22(13-16-24)12-10-19-6-1-2-7-20(19)26-22/h1-3,5-7,10,12,14,17H,4,8-9,11,13,15-16H2. The summed E-state index contributed by atoms with van der Waals surface area (Å²) in [4.78, 5) is 18.8. The van der Waals surface area contributed by atoms with Gasteiger partial charge in [-0.15, -0.1) is 0 Å². The molecule has 134 valence electrons. The van der Waals surface area contributed by atoms with Crippen LogP contribution in [0.25, 0.3) is 6.08 Å². The molecule has 1 unspecified atom stereocenters. The highest BCUT2D eigenvalue weighted by Crippen LogP contribution is 2.36. The van der Waals surface area contributed by atoms with Crippen molar-refractivity contribution in [2.75, 3.05) is 13.1 Å². The lowest BCUT2D eigenvalue weighted by molar-refractivity contribution is -0.131. The Morgan fingerprint density at radius 1 is 1.15 bits per heavy atom. The summed E-state index contributed by atoms with van der Waals surface area (Å²) in [7, 11) is 0. The Bertz CT molecular complexity index is 803. The first-order chi connectivity index (χ1) is 12.7. The van der Waals surface area contributed by atoms with Crippen LogP contribution in [0.3, 0.4) is 0 Å². The highest BCUT2D eigenvalue weighted by atomic mass is 16.5. The number of pyridine rings is 1. The Hall–Kier alpha value is -2.62. The van der Waals surface area contributed by atoms with Crippen LogP contribution in [0.5, 0.6) is 5.75 Å². The summed E-state index contributed by atoms with van der Waals surface area (Å²) in [5.74, 6) is 1.18. The molecular formula is C22H24N2O2. The number of benzene rings is 1. The summed E-state index contributed by atoms with van der Waals surface area (Å²) in [6, 6.07) is 12.1. The molecule has 4 nitrogen and oxygen atoms in total. The largest absolute Gasteiger partial charge is 0.483 e. The van der Waals surface area contributed by atoms with E-state index in [1.165, 1.54) is 0 Å². The van der Waals surface area contributed by atoms with Crippen molar-refractivity contribution < 1.29 is 9.53 Å². The minimum absolute atomic E-state index is 0.228. The first kappa shape index (κ1) is 16.8. The normalized spacial score (nSPS) is 21.8. The SMILES string of the molecule is O=C(CCc1cccnc1)N1CCCC2(C=Cc3ccccc3O2)CC1. The number of hydrogen-bond donors (Lipinski definition) is 0. The summed E-state index contributed by atoms with van der Waals surface area (Å²) in [6.45, 7) is 1.56. The molecule has 1 atom stereocenters. The van der Waals surface area contributed by atoms with E-state index < -0.39 is 0 Å². The number of amides is 1. The van der Waals surface area contributed by atoms with Crippen molar-refractivity contribution >= 4 is 12.0 Å². The van der Waals surface area contributed by atoms with Gasteiger partial charge in [0.25, 0.3) is 0 Å². The molecule has 2 aromatic rings. The van der Waals surface area contributed by atoms with Gasteiger partial charge < -0.3 is 9.64 Å². The maximum Gasteiger partial charge on any atom is 0.222 e. The van der Waals surface area contributed by atoms with Gasteiger partial charge in [-0.3, -0.25) is 9.78 Å². The van der Waals surface area contributed by atoms with Gasteiger partial charge in [0.15, 0.2) is 0 Å². The van der Waals surface area contributed by atoms with Gasteiger partial charge in [0, 0.05) is 43.9 Å². The van der Waals surface area contributed by atoms with Crippen LogP contribution in [0.15, 0.2) is 54.9 Å². The van der Waals surface area contributed by atoms with Crippen LogP contribution in [0.4, 0.5) is 0 Å². The van der Waals surface area contributed by atoms with E-state index in [4.69, 9.17) is 4.74 Å². The van der Waals surface area contributed by atoms with Crippen LogP contribution in [0, 0.1) is 0 Å². The second kappa shape index (κ2) is 7.32. The molecule has 1 amide bonds. The number of aryl methyl sites for hydroxylation is 1. The molecule has 26 heavy (non-hydrogen) atoms. The Balaban J connectivity index is 1.37. The summed E-state index contributed by atoms with van der Waals surface area (Å²) >= 11 is 0. The number of ether oxygens (including phenoxy) is 1. The van der Waals surface area contributed by atoms with Gasteiger partial charge in [-0.2, -0.15) is 0 Å². The van der Waals surface area contributed by atoms with Crippen molar-refractivity contribution in [1.29, 1.82) is 0 Å². The van der Waals surface area contributed by atoms with E-state index in [1.54, 1.807) is 6.20 Å². The van der Waals surface area contributed by atoms with Crippen LogP contribution in [-0.2, 0) is 11.2 Å². The third-order valence-corrected chi connectivity index (χ3v) is 5.33. The molecule has 0 N–H and O–H groups in total. The van der Waals surface area contributed by atoms with Crippen molar-refractivity contribution in [2.24, 2.45) is 0 Å². The van der Waals surface area contributed by atoms with Crippen molar-refractivity contribution in [1.82, 2.24) is 9.88 Å². The molecule has 2 aliphatic rings. The van der Waals surface area contributed by atoms with Crippen molar-refractivity contribution in [2.45, 2.75) is 37.7 Å². The molecule has 0 saturated carbocycles. The lowest BCUT2D eigenvalue weighted by atomic mass is 9.91. The number of para-hydroxylation sites is 1. The first-order valence-corrected chi connectivity index (χ1v) is 9.38. The van der Waals surface area contributed by atoms with E-state index in [9.17, 15) is 4.79 Å². The van der Waals surface area contributed by atoms with Gasteiger partial charge in [0.1, 0.15) is 11.4 Å². The fraction of sp³-hybridized carbons (Fsp3) is 0.364. The number of fused-ring (bicyclic) bond motifs is 1. The topological polar surface area (TPSA) is 42.4 Å². The summed E-state index contributed by atoms with van der Waals surface area (Å²) in [5, 5.41) is 0. The highest BCUT2D eigenvalue weighted by molar-refractivity contribution is 5.76. The van der Waals surface area contributed by atoms with Crippen LogP contribution in [0.1, 0.15) is 36.8 Å². The van der Waals surface area contributed by atoms with E-state index in [1.807, 2.05) is 41.4 Å². The highest BCUT2D eigenvalue weighted by Gasteiger charge is 2.35. The first-order valence-electron chi connectivity index (χ1n) is 9.38. The number of hydrogen-bond acceptors (Lipinski definition) is 3. The van der Waals surface area contributed by atoms with Gasteiger partial charge >= 0.3 is 0 Å². The predicted octanol–water partition coefficient (Wildman–Crippen LogP) is 3.87. The third kappa shape index (κ3) is 3.64. The van der Waals surface area contributed by atoms with Gasteiger partial charge in [-0.05, 0) is 43.0 Å². The van der Waals surface area contributed by atoms with Gasteiger partial charge in [0.05, 0.1) is 0 Å². The lowest BCUT2D eigenvalue weighted by Gasteiger charge is -2.34. The molecule has 4 heteroatoms. The van der Waals surface area contributed by atoms with E-state index in [2.05, 4.69) is 23.2 Å². The van der Waals surface area contributed by atoms with Crippen molar-refractivity contribution in [3.63, 3.8) is 0 Å². The zero-order chi connectivity index (χ0) is 17.8. The van der Waals surface area contributed by atoms with Gasteiger partial charge in [-0.1, -0.05) is 30.3 Å². The lowest BCUT2D eigenvalue weighted by Crippen LogP contribution is -2.38. The zero-order valence-electron chi connectivity index (χ0n) is 14.9. The van der Waals surface area contributed by atoms with Crippen molar-refractivity contribution in [3.8, 4) is 5.75 Å². The number of aromatic nitrogens is 1. The van der Waals surface area contributed by atoms with Crippen LogP contribution in [-0.4, -0.2) is 34.5 Å². The fourth-order valence-electron chi connectivity index (χ4n) is 3.81. The predicted molar refractivity (Wildman–Crippen MR) is 102 cm³/mol. The van der Waals surface area contributed by atoms with Crippen LogP contribution < -0.4 is 4.74 Å². The summed E-state index contributed by atoms with van der Waals surface area (Å²) in [5.41, 5.74) is 1.97. The van der Waals surface area contributed by atoms with E-state index in [-0.39, 0.29) is 11.5 Å². The third-order valence-electron chi connectivity index (χ3n) is 5.33.